The van der Waals surface area contributed by atoms with Crippen molar-refractivity contribution in [1.29, 1.82) is 0 Å². The lowest BCUT2D eigenvalue weighted by Gasteiger charge is -2.25. The van der Waals surface area contributed by atoms with Crippen LogP contribution < -0.4 is 5.32 Å². The van der Waals surface area contributed by atoms with Gasteiger partial charge in [0.1, 0.15) is 5.82 Å². The minimum absolute atomic E-state index is 0.0139. The smallest absolute Gasteiger partial charge is 0.337 e. The highest BCUT2D eigenvalue weighted by Gasteiger charge is 2.24. The summed E-state index contributed by atoms with van der Waals surface area (Å²) in [6.45, 7) is 0. The molecule has 1 unspecified atom stereocenters. The average molecular weight is 291 g/mol. The van der Waals surface area contributed by atoms with Gasteiger partial charge in [-0.2, -0.15) is 0 Å². The third-order valence-corrected chi connectivity index (χ3v) is 4.61. The molecule has 0 fully saturated rings. The number of carboxylic acid groups (broad SMARTS) is 1. The van der Waals surface area contributed by atoms with E-state index >= 15 is 0 Å². The Hall–Kier alpha value is -1.88. The Bertz CT molecular complexity index is 653. The van der Waals surface area contributed by atoms with Gasteiger partial charge in [0.15, 0.2) is 0 Å². The standard InChI is InChI=1S/C15H14FNO2S/c16-11-4-1-3-10(15(18)19)14(11)17-12-5-2-6-13-9(12)7-8-20-13/h1,3-4,7-8,12,17H,2,5-6H2,(H,18,19). The molecular weight excluding hydrogens is 277 g/mol. The van der Waals surface area contributed by atoms with E-state index in [-0.39, 0.29) is 17.3 Å². The number of thiophene rings is 1. The first-order valence-electron chi connectivity index (χ1n) is 6.51. The van der Waals surface area contributed by atoms with Crippen LogP contribution in [0.4, 0.5) is 10.1 Å². The van der Waals surface area contributed by atoms with E-state index in [9.17, 15) is 14.3 Å². The molecule has 1 aliphatic carbocycles. The Morgan fingerprint density at radius 3 is 3.05 bits per heavy atom. The summed E-state index contributed by atoms with van der Waals surface area (Å²) >= 11 is 1.70. The summed E-state index contributed by atoms with van der Waals surface area (Å²) in [5.41, 5.74) is 1.23. The van der Waals surface area contributed by atoms with Crippen LogP contribution in [-0.4, -0.2) is 11.1 Å². The third kappa shape index (κ3) is 2.29. The largest absolute Gasteiger partial charge is 0.478 e. The summed E-state index contributed by atoms with van der Waals surface area (Å²) in [7, 11) is 0. The molecule has 1 heterocycles. The fraction of sp³-hybridized carbons (Fsp3) is 0.267. The van der Waals surface area contributed by atoms with E-state index in [1.54, 1.807) is 11.3 Å². The zero-order valence-electron chi connectivity index (χ0n) is 10.7. The first-order chi connectivity index (χ1) is 9.66. The predicted octanol–water partition coefficient (Wildman–Crippen LogP) is 4.07. The van der Waals surface area contributed by atoms with Gasteiger partial charge in [0.2, 0.25) is 0 Å². The molecule has 2 N–H and O–H groups in total. The summed E-state index contributed by atoms with van der Waals surface area (Å²) in [5.74, 6) is -1.64. The maximum absolute atomic E-state index is 13.9. The fourth-order valence-corrected chi connectivity index (χ4v) is 3.65. The molecule has 0 aliphatic heterocycles. The maximum atomic E-state index is 13.9. The molecule has 1 atom stereocenters. The first kappa shape index (κ1) is 13.1. The van der Waals surface area contributed by atoms with Crippen LogP contribution >= 0.6 is 11.3 Å². The molecule has 3 rings (SSSR count). The number of aromatic carboxylic acids is 1. The van der Waals surface area contributed by atoms with Gasteiger partial charge in [-0.15, -0.1) is 11.3 Å². The molecule has 1 aliphatic rings. The molecule has 20 heavy (non-hydrogen) atoms. The van der Waals surface area contributed by atoms with E-state index in [4.69, 9.17) is 0 Å². The fourth-order valence-electron chi connectivity index (χ4n) is 2.66. The summed E-state index contributed by atoms with van der Waals surface area (Å²) in [6, 6.07) is 6.15. The summed E-state index contributed by atoms with van der Waals surface area (Å²) < 4.78 is 13.9. The highest BCUT2D eigenvalue weighted by Crippen LogP contribution is 2.36. The number of halogens is 1. The molecule has 104 valence electrons. The topological polar surface area (TPSA) is 49.3 Å². The summed E-state index contributed by atoms with van der Waals surface area (Å²) in [6.07, 6.45) is 2.97. The average Bonchev–Trinajstić information content (AvgIpc) is 2.90. The normalized spacial score (nSPS) is 17.6. The van der Waals surface area contributed by atoms with E-state index in [0.717, 1.165) is 19.3 Å². The summed E-state index contributed by atoms with van der Waals surface area (Å²) in [4.78, 5) is 12.5. The minimum atomic E-state index is -1.12. The molecule has 0 radical (unpaired) electrons. The van der Waals surface area contributed by atoms with Crippen molar-refractivity contribution in [1.82, 2.24) is 0 Å². The number of hydrogen-bond donors (Lipinski definition) is 2. The van der Waals surface area contributed by atoms with Gasteiger partial charge in [0.25, 0.3) is 0 Å². The molecule has 0 bridgehead atoms. The lowest BCUT2D eigenvalue weighted by Crippen LogP contribution is -2.18. The molecule has 1 aromatic heterocycles. The van der Waals surface area contributed by atoms with E-state index in [2.05, 4.69) is 5.32 Å². The number of aryl methyl sites for hydroxylation is 1. The number of benzene rings is 1. The van der Waals surface area contributed by atoms with Crippen molar-refractivity contribution >= 4 is 23.0 Å². The van der Waals surface area contributed by atoms with Gasteiger partial charge in [-0.3, -0.25) is 0 Å². The zero-order valence-corrected chi connectivity index (χ0v) is 11.5. The van der Waals surface area contributed by atoms with Crippen LogP contribution in [0.5, 0.6) is 0 Å². The van der Waals surface area contributed by atoms with Crippen molar-refractivity contribution in [3.63, 3.8) is 0 Å². The molecular formula is C15H14FNO2S. The molecule has 1 aromatic carbocycles. The number of carboxylic acids is 1. The lowest BCUT2D eigenvalue weighted by atomic mass is 9.93. The van der Waals surface area contributed by atoms with Gasteiger partial charge in [-0.05, 0) is 48.4 Å². The van der Waals surface area contributed by atoms with Crippen LogP contribution in [0.25, 0.3) is 0 Å². The van der Waals surface area contributed by atoms with Crippen LogP contribution in [0.1, 0.15) is 39.7 Å². The van der Waals surface area contributed by atoms with E-state index in [1.165, 1.54) is 28.6 Å². The molecule has 2 aromatic rings. The van der Waals surface area contributed by atoms with Crippen molar-refractivity contribution in [2.45, 2.75) is 25.3 Å². The number of hydrogen-bond acceptors (Lipinski definition) is 3. The Morgan fingerprint density at radius 2 is 2.25 bits per heavy atom. The predicted molar refractivity (Wildman–Crippen MR) is 77.0 cm³/mol. The quantitative estimate of drug-likeness (QED) is 0.896. The first-order valence-corrected chi connectivity index (χ1v) is 7.39. The second kappa shape index (κ2) is 5.25. The Kier molecular flexibility index (Phi) is 3.44. The van der Waals surface area contributed by atoms with Crippen LogP contribution in [0, 0.1) is 5.82 Å². The van der Waals surface area contributed by atoms with Crippen LogP contribution in [0.15, 0.2) is 29.6 Å². The third-order valence-electron chi connectivity index (χ3n) is 3.61. The molecule has 3 nitrogen and oxygen atoms in total. The molecule has 0 spiro atoms. The zero-order chi connectivity index (χ0) is 14.1. The van der Waals surface area contributed by atoms with Crippen molar-refractivity contribution in [3.05, 3.63) is 51.5 Å². The molecule has 0 amide bonds. The van der Waals surface area contributed by atoms with E-state index < -0.39 is 11.8 Å². The number of para-hydroxylation sites is 1. The van der Waals surface area contributed by atoms with Crippen molar-refractivity contribution in [2.24, 2.45) is 0 Å². The lowest BCUT2D eigenvalue weighted by molar-refractivity contribution is 0.0697. The molecule has 0 saturated carbocycles. The van der Waals surface area contributed by atoms with Crippen molar-refractivity contribution in [2.75, 3.05) is 5.32 Å². The Morgan fingerprint density at radius 1 is 1.40 bits per heavy atom. The number of rotatable bonds is 3. The SMILES string of the molecule is O=C(O)c1cccc(F)c1NC1CCCc2sccc21. The number of nitrogens with one attached hydrogen (secondary N) is 1. The van der Waals surface area contributed by atoms with Gasteiger partial charge in [0, 0.05) is 4.88 Å². The van der Waals surface area contributed by atoms with Crippen LogP contribution in [-0.2, 0) is 6.42 Å². The van der Waals surface area contributed by atoms with Gasteiger partial charge in [-0.25, -0.2) is 9.18 Å². The summed E-state index contributed by atoms with van der Waals surface area (Å²) in [5, 5.41) is 14.3. The minimum Gasteiger partial charge on any atom is -0.478 e. The van der Waals surface area contributed by atoms with Crippen LogP contribution in [0.3, 0.4) is 0 Å². The highest BCUT2D eigenvalue weighted by atomic mass is 32.1. The van der Waals surface area contributed by atoms with Gasteiger partial charge in [0.05, 0.1) is 17.3 Å². The van der Waals surface area contributed by atoms with Crippen molar-refractivity contribution in [3.8, 4) is 0 Å². The van der Waals surface area contributed by atoms with Gasteiger partial charge < -0.3 is 10.4 Å². The second-order valence-electron chi connectivity index (χ2n) is 4.86. The monoisotopic (exact) mass is 291 g/mol. The molecule has 0 saturated heterocycles. The number of fused-ring (bicyclic) bond motifs is 1. The number of anilines is 1. The van der Waals surface area contributed by atoms with Crippen LogP contribution in [0.2, 0.25) is 0 Å². The number of carbonyl (C=O) groups is 1. The second-order valence-corrected chi connectivity index (χ2v) is 5.86. The van der Waals surface area contributed by atoms with E-state index in [0.29, 0.717) is 0 Å². The Balaban J connectivity index is 1.96. The Labute approximate surface area is 120 Å². The highest BCUT2D eigenvalue weighted by molar-refractivity contribution is 7.10. The van der Waals surface area contributed by atoms with E-state index in [1.807, 2.05) is 11.4 Å². The maximum Gasteiger partial charge on any atom is 0.337 e. The van der Waals surface area contributed by atoms with Crippen molar-refractivity contribution < 1.29 is 14.3 Å². The van der Waals surface area contributed by atoms with Gasteiger partial charge >= 0.3 is 5.97 Å². The van der Waals surface area contributed by atoms with Gasteiger partial charge in [-0.1, -0.05) is 6.07 Å². The molecule has 5 heteroatoms.